The molecule has 2 saturated heterocycles. The normalized spacial score (nSPS) is 26.8. The van der Waals surface area contributed by atoms with Crippen LogP contribution in [0, 0.1) is 5.92 Å². The Balaban J connectivity index is 1.85. The quantitative estimate of drug-likeness (QED) is 0.674. The second-order valence-corrected chi connectivity index (χ2v) is 7.90. The van der Waals surface area contributed by atoms with Crippen molar-refractivity contribution in [1.29, 1.82) is 0 Å². The number of rotatable bonds is 2. The first-order valence-electron chi connectivity index (χ1n) is 7.53. The maximum Gasteiger partial charge on any atom is 0.251 e. The smallest absolute Gasteiger partial charge is 0.251 e. The van der Waals surface area contributed by atoms with Gasteiger partial charge in [0.25, 0.3) is 5.91 Å². The Hall–Kier alpha value is -0.720. The van der Waals surface area contributed by atoms with Gasteiger partial charge >= 0.3 is 0 Å². The van der Waals surface area contributed by atoms with Crippen molar-refractivity contribution in [1.82, 2.24) is 4.90 Å². The zero-order valence-electron chi connectivity index (χ0n) is 12.4. The van der Waals surface area contributed by atoms with Gasteiger partial charge in [0.15, 0.2) is 0 Å². The van der Waals surface area contributed by atoms with Crippen molar-refractivity contribution < 1.29 is 9.59 Å². The summed E-state index contributed by atoms with van der Waals surface area (Å²) in [6.45, 7) is 4.01. The second-order valence-electron chi connectivity index (χ2n) is 6.13. The van der Waals surface area contributed by atoms with Crippen molar-refractivity contribution in [2.24, 2.45) is 5.92 Å². The van der Waals surface area contributed by atoms with E-state index in [-0.39, 0.29) is 24.3 Å². The van der Waals surface area contributed by atoms with Crippen molar-refractivity contribution in [3.8, 4) is 0 Å². The van der Waals surface area contributed by atoms with Crippen LogP contribution in [0.5, 0.6) is 0 Å². The maximum atomic E-state index is 12.8. The fraction of sp³-hybridized carbons (Fsp3) is 0.500. The van der Waals surface area contributed by atoms with Gasteiger partial charge in [-0.15, -0.1) is 0 Å². The van der Waals surface area contributed by atoms with Gasteiger partial charge in [0.05, 0.1) is 18.2 Å². The second kappa shape index (κ2) is 6.42. The predicted molar refractivity (Wildman–Crippen MR) is 92.7 cm³/mol. The Morgan fingerprint density at radius 3 is 2.68 bits per heavy atom. The van der Waals surface area contributed by atoms with Crippen molar-refractivity contribution in [2.75, 3.05) is 18.0 Å². The Kier molecular flexibility index (Phi) is 4.71. The van der Waals surface area contributed by atoms with E-state index in [4.69, 9.17) is 0 Å². The molecule has 4 nitrogen and oxygen atoms in total. The third-order valence-corrected chi connectivity index (χ3v) is 5.53. The largest absolute Gasteiger partial charge is 0.291 e. The molecule has 0 bridgehead atoms. The van der Waals surface area contributed by atoms with Crippen LogP contribution < -0.4 is 4.90 Å². The van der Waals surface area contributed by atoms with Gasteiger partial charge in [-0.3, -0.25) is 14.5 Å². The van der Waals surface area contributed by atoms with Crippen molar-refractivity contribution in [2.45, 2.75) is 32.2 Å². The van der Waals surface area contributed by atoms with Crippen LogP contribution in [0.25, 0.3) is 0 Å². The highest BCUT2D eigenvalue weighted by Crippen LogP contribution is 2.34. The molecule has 0 spiro atoms. The summed E-state index contributed by atoms with van der Waals surface area (Å²) in [6.07, 6.45) is 2.59. The Bertz CT molecular complexity index is 620. The summed E-state index contributed by atoms with van der Waals surface area (Å²) >= 11 is 6.84. The number of anilines is 1. The summed E-state index contributed by atoms with van der Waals surface area (Å²) in [7, 11) is 0. The van der Waals surface area contributed by atoms with Gasteiger partial charge in [0.2, 0.25) is 5.91 Å². The van der Waals surface area contributed by atoms with Crippen LogP contribution >= 0.6 is 31.9 Å². The number of benzene rings is 1. The summed E-state index contributed by atoms with van der Waals surface area (Å²) in [5.74, 6) is 0.378. The lowest BCUT2D eigenvalue weighted by atomic mass is 9.98. The molecule has 0 saturated carbocycles. The molecule has 2 atom stereocenters. The zero-order chi connectivity index (χ0) is 15.9. The van der Waals surface area contributed by atoms with Crippen LogP contribution in [0.2, 0.25) is 0 Å². The number of imide groups is 1. The van der Waals surface area contributed by atoms with Gasteiger partial charge in [-0.05, 0) is 59.4 Å². The number of hydrogen-bond donors (Lipinski definition) is 0. The fourth-order valence-corrected chi connectivity index (χ4v) is 4.55. The van der Waals surface area contributed by atoms with Gasteiger partial charge in [0, 0.05) is 15.5 Å². The first-order valence-corrected chi connectivity index (χ1v) is 9.12. The highest BCUT2D eigenvalue weighted by Gasteiger charge is 2.43. The van der Waals surface area contributed by atoms with Gasteiger partial charge in [-0.25, -0.2) is 4.90 Å². The molecule has 0 N–H and O–H groups in total. The monoisotopic (exact) mass is 428 g/mol. The van der Waals surface area contributed by atoms with E-state index < -0.39 is 0 Å². The molecular weight excluding hydrogens is 412 g/mol. The molecule has 0 unspecified atom stereocenters. The average molecular weight is 430 g/mol. The summed E-state index contributed by atoms with van der Waals surface area (Å²) in [4.78, 5) is 28.7. The van der Waals surface area contributed by atoms with E-state index in [9.17, 15) is 9.59 Å². The van der Waals surface area contributed by atoms with Crippen LogP contribution in [0.4, 0.5) is 5.69 Å². The molecule has 22 heavy (non-hydrogen) atoms. The third kappa shape index (κ3) is 3.01. The molecule has 118 valence electrons. The summed E-state index contributed by atoms with van der Waals surface area (Å²) in [5, 5.41) is 0. The highest BCUT2D eigenvalue weighted by molar-refractivity contribution is 9.11. The van der Waals surface area contributed by atoms with Crippen molar-refractivity contribution in [3.63, 3.8) is 0 Å². The molecule has 2 aliphatic rings. The maximum absolute atomic E-state index is 12.8. The summed E-state index contributed by atoms with van der Waals surface area (Å²) < 4.78 is 1.65. The predicted octanol–water partition coefficient (Wildman–Crippen LogP) is 3.58. The minimum Gasteiger partial charge on any atom is -0.291 e. The van der Waals surface area contributed by atoms with E-state index in [0.717, 1.165) is 28.5 Å². The molecule has 0 radical (unpaired) electrons. The molecule has 6 heteroatoms. The van der Waals surface area contributed by atoms with E-state index in [2.05, 4.69) is 43.7 Å². The zero-order valence-corrected chi connectivity index (χ0v) is 15.6. The molecule has 1 aromatic rings. The minimum atomic E-state index is -0.300. The lowest BCUT2D eigenvalue weighted by molar-refractivity contribution is -0.123. The molecule has 2 amide bonds. The minimum absolute atomic E-state index is 0.0953. The number of halogens is 2. The van der Waals surface area contributed by atoms with Gasteiger partial charge in [-0.2, -0.15) is 0 Å². The Morgan fingerprint density at radius 1 is 1.23 bits per heavy atom. The first kappa shape index (κ1) is 16.1. The van der Waals surface area contributed by atoms with Crippen LogP contribution in [-0.4, -0.2) is 35.8 Å². The van der Waals surface area contributed by atoms with E-state index >= 15 is 0 Å². The van der Waals surface area contributed by atoms with E-state index in [1.165, 1.54) is 11.3 Å². The molecule has 0 aromatic heterocycles. The summed E-state index contributed by atoms with van der Waals surface area (Å²) in [6, 6.07) is 5.19. The van der Waals surface area contributed by atoms with Gasteiger partial charge in [-0.1, -0.05) is 22.9 Å². The topological polar surface area (TPSA) is 40.6 Å². The van der Waals surface area contributed by atoms with Crippen LogP contribution in [0.15, 0.2) is 27.1 Å². The SMILES string of the molecule is C[C@@H]1CCCN([C@@H]2CC(=O)N(c3ccc(Br)cc3Br)C2=O)C1. The molecule has 2 heterocycles. The Labute approximate surface area is 147 Å². The number of likely N-dealkylation sites (tertiary alicyclic amines) is 1. The van der Waals surface area contributed by atoms with E-state index in [1.807, 2.05) is 12.1 Å². The summed E-state index contributed by atoms with van der Waals surface area (Å²) in [5.41, 5.74) is 0.630. The number of nitrogens with zero attached hydrogens (tertiary/aromatic N) is 2. The molecular formula is C16H18Br2N2O2. The number of carbonyl (C=O) groups excluding carboxylic acids is 2. The van der Waals surface area contributed by atoms with Crippen LogP contribution in [0.3, 0.4) is 0 Å². The Morgan fingerprint density at radius 2 is 2.00 bits per heavy atom. The lowest BCUT2D eigenvalue weighted by Gasteiger charge is -2.34. The lowest BCUT2D eigenvalue weighted by Crippen LogP contribution is -2.46. The van der Waals surface area contributed by atoms with E-state index in [0.29, 0.717) is 11.6 Å². The van der Waals surface area contributed by atoms with Crippen molar-refractivity contribution in [3.05, 3.63) is 27.1 Å². The van der Waals surface area contributed by atoms with Crippen LogP contribution in [0.1, 0.15) is 26.2 Å². The first-order chi connectivity index (χ1) is 10.5. The van der Waals surface area contributed by atoms with Gasteiger partial charge < -0.3 is 0 Å². The number of amides is 2. The molecule has 0 aliphatic carbocycles. The van der Waals surface area contributed by atoms with Gasteiger partial charge in [0.1, 0.15) is 0 Å². The average Bonchev–Trinajstić information content (AvgIpc) is 2.75. The number of piperidine rings is 1. The number of hydrogen-bond acceptors (Lipinski definition) is 3. The van der Waals surface area contributed by atoms with Crippen LogP contribution in [-0.2, 0) is 9.59 Å². The van der Waals surface area contributed by atoms with Crippen molar-refractivity contribution >= 4 is 49.4 Å². The molecule has 2 aliphatic heterocycles. The molecule has 3 rings (SSSR count). The molecule has 1 aromatic carbocycles. The standard InChI is InChI=1S/C16H18Br2N2O2/c1-10-3-2-6-19(9-10)14-8-15(21)20(16(14)22)13-5-4-11(17)7-12(13)18/h4-5,7,10,14H,2-3,6,8-9H2,1H3/t10-,14-/m1/s1. The number of carbonyl (C=O) groups is 2. The fourth-order valence-electron chi connectivity index (χ4n) is 3.33. The highest BCUT2D eigenvalue weighted by atomic mass is 79.9. The third-order valence-electron chi connectivity index (χ3n) is 4.40. The van der Waals surface area contributed by atoms with E-state index in [1.54, 1.807) is 6.07 Å². The molecule has 2 fully saturated rings.